The summed E-state index contributed by atoms with van der Waals surface area (Å²) < 4.78 is 32.9. The molecule has 1 fully saturated rings. The second-order valence-corrected chi connectivity index (χ2v) is 6.01. The van der Waals surface area contributed by atoms with E-state index in [1.54, 1.807) is 18.2 Å². The molecule has 118 valence electrons. The van der Waals surface area contributed by atoms with Gasteiger partial charge in [-0.3, -0.25) is 0 Å². The van der Waals surface area contributed by atoms with E-state index in [1.165, 1.54) is 24.3 Å². The van der Waals surface area contributed by atoms with Crippen molar-refractivity contribution in [2.24, 2.45) is 0 Å². The third kappa shape index (κ3) is 2.63. The number of fused-ring (bicyclic) bond motifs is 1. The summed E-state index contributed by atoms with van der Waals surface area (Å²) in [6.07, 6.45) is 1.97. The number of benzene rings is 2. The Kier molecular flexibility index (Phi) is 3.62. The van der Waals surface area contributed by atoms with E-state index in [0.29, 0.717) is 11.5 Å². The average Bonchev–Trinajstić information content (AvgIpc) is 2.95. The monoisotopic (exact) mass is 313 g/mol. The molecule has 3 aromatic rings. The first-order chi connectivity index (χ1) is 11.2. The van der Waals surface area contributed by atoms with E-state index in [9.17, 15) is 8.78 Å². The predicted octanol–water partition coefficient (Wildman–Crippen LogP) is 4.85. The largest absolute Gasteiger partial charge is 0.460 e. The van der Waals surface area contributed by atoms with Crippen LogP contribution < -0.4 is 5.32 Å². The first-order valence-corrected chi connectivity index (χ1v) is 7.91. The summed E-state index contributed by atoms with van der Waals surface area (Å²) in [5, 5.41) is 4.22. The Morgan fingerprint density at radius 2 is 1.61 bits per heavy atom. The fourth-order valence-electron chi connectivity index (χ4n) is 3.38. The summed E-state index contributed by atoms with van der Waals surface area (Å²) in [5.74, 6) is 0.607. The lowest BCUT2D eigenvalue weighted by atomic mass is 9.90. The second-order valence-electron chi connectivity index (χ2n) is 6.01. The molecule has 1 aliphatic heterocycles. The van der Waals surface area contributed by atoms with Crippen LogP contribution in [0.1, 0.15) is 24.5 Å². The number of hydrogen-bond acceptors (Lipinski definition) is 2. The third-order valence-corrected chi connectivity index (χ3v) is 4.52. The van der Waals surface area contributed by atoms with Gasteiger partial charge in [0.25, 0.3) is 0 Å². The van der Waals surface area contributed by atoms with Crippen molar-refractivity contribution in [1.29, 1.82) is 0 Å². The van der Waals surface area contributed by atoms with Crippen LogP contribution >= 0.6 is 0 Å². The maximum Gasteiger partial charge on any atom is 0.137 e. The van der Waals surface area contributed by atoms with Crippen LogP contribution in [0.15, 0.2) is 46.9 Å². The molecule has 0 bridgehead atoms. The summed E-state index contributed by atoms with van der Waals surface area (Å²) in [5.41, 5.74) is 2.43. The molecule has 1 N–H and O–H groups in total. The van der Waals surface area contributed by atoms with Crippen molar-refractivity contribution in [2.45, 2.75) is 18.8 Å². The number of piperidine rings is 1. The van der Waals surface area contributed by atoms with Crippen molar-refractivity contribution in [1.82, 2.24) is 5.32 Å². The normalized spacial score (nSPS) is 16.1. The van der Waals surface area contributed by atoms with Crippen LogP contribution in [0.3, 0.4) is 0 Å². The topological polar surface area (TPSA) is 25.2 Å². The van der Waals surface area contributed by atoms with Crippen molar-refractivity contribution < 1.29 is 13.2 Å². The first-order valence-electron chi connectivity index (χ1n) is 7.91. The molecule has 23 heavy (non-hydrogen) atoms. The molecule has 2 nitrogen and oxygen atoms in total. The molecule has 0 unspecified atom stereocenters. The molecule has 0 atom stereocenters. The van der Waals surface area contributed by atoms with E-state index in [2.05, 4.69) is 5.32 Å². The highest BCUT2D eigenvalue weighted by atomic mass is 19.1. The van der Waals surface area contributed by atoms with Crippen molar-refractivity contribution in [3.05, 3.63) is 59.9 Å². The third-order valence-electron chi connectivity index (χ3n) is 4.52. The highest BCUT2D eigenvalue weighted by Gasteiger charge is 2.25. The summed E-state index contributed by atoms with van der Waals surface area (Å²) in [6, 6.07) is 11.0. The number of nitrogens with one attached hydrogen (secondary N) is 1. The zero-order valence-corrected chi connectivity index (χ0v) is 12.6. The Labute approximate surface area is 133 Å². The van der Waals surface area contributed by atoms with E-state index < -0.39 is 0 Å². The van der Waals surface area contributed by atoms with E-state index in [-0.39, 0.29) is 11.6 Å². The zero-order chi connectivity index (χ0) is 15.8. The minimum Gasteiger partial charge on any atom is -0.460 e. The van der Waals surface area contributed by atoms with Crippen molar-refractivity contribution in [3.63, 3.8) is 0 Å². The second kappa shape index (κ2) is 5.78. The van der Waals surface area contributed by atoms with E-state index in [0.717, 1.165) is 48.2 Å². The zero-order valence-electron chi connectivity index (χ0n) is 12.6. The minimum absolute atomic E-state index is 0.268. The molecule has 0 aliphatic carbocycles. The van der Waals surface area contributed by atoms with E-state index in [4.69, 9.17) is 4.42 Å². The van der Waals surface area contributed by atoms with Gasteiger partial charge >= 0.3 is 0 Å². The van der Waals surface area contributed by atoms with Crippen molar-refractivity contribution in [2.75, 3.05) is 13.1 Å². The molecule has 1 aromatic heterocycles. The van der Waals surface area contributed by atoms with Crippen molar-refractivity contribution >= 4 is 11.0 Å². The van der Waals surface area contributed by atoms with Gasteiger partial charge in [0.15, 0.2) is 0 Å². The lowest BCUT2D eigenvalue weighted by molar-refractivity contribution is 0.398. The Hall–Kier alpha value is -2.20. The summed E-state index contributed by atoms with van der Waals surface area (Å²) in [4.78, 5) is 0. The van der Waals surface area contributed by atoms with Gasteiger partial charge in [0, 0.05) is 22.9 Å². The minimum atomic E-state index is -0.311. The molecule has 4 heteroatoms. The lowest BCUT2D eigenvalue weighted by Crippen LogP contribution is -2.26. The maximum absolute atomic E-state index is 13.6. The molecule has 0 spiro atoms. The standard InChI is InChI=1S/C19H17F2NO/c20-14-3-1-12(2-4-14)18-16-6-5-15(21)11-17(16)23-19(18)13-7-9-22-10-8-13/h1-6,11,13,22H,7-10H2. The molecular weight excluding hydrogens is 296 g/mol. The Balaban J connectivity index is 1.92. The molecule has 1 saturated heterocycles. The summed E-state index contributed by atoms with van der Waals surface area (Å²) in [6.45, 7) is 1.89. The number of halogens is 2. The van der Waals surface area contributed by atoms with Crippen LogP contribution in [0.2, 0.25) is 0 Å². The first kappa shape index (κ1) is 14.4. The summed E-state index contributed by atoms with van der Waals surface area (Å²) in [7, 11) is 0. The number of rotatable bonds is 2. The molecule has 0 radical (unpaired) electrons. The molecule has 0 amide bonds. The van der Waals surface area contributed by atoms with Crippen LogP contribution in [-0.2, 0) is 0 Å². The average molecular weight is 313 g/mol. The van der Waals surface area contributed by atoms with Crippen LogP contribution in [-0.4, -0.2) is 13.1 Å². The van der Waals surface area contributed by atoms with Gasteiger partial charge in [0.05, 0.1) is 0 Å². The Morgan fingerprint density at radius 1 is 0.913 bits per heavy atom. The smallest absolute Gasteiger partial charge is 0.137 e. The highest BCUT2D eigenvalue weighted by molar-refractivity contribution is 5.96. The van der Waals surface area contributed by atoms with Gasteiger partial charge in [0.2, 0.25) is 0 Å². The van der Waals surface area contributed by atoms with Crippen LogP contribution in [0, 0.1) is 11.6 Å². The molecule has 2 aromatic carbocycles. The summed E-state index contributed by atoms with van der Waals surface area (Å²) >= 11 is 0. The fourth-order valence-corrected chi connectivity index (χ4v) is 3.38. The highest BCUT2D eigenvalue weighted by Crippen LogP contribution is 2.41. The van der Waals surface area contributed by atoms with Gasteiger partial charge in [-0.05, 0) is 55.8 Å². The SMILES string of the molecule is Fc1ccc(-c2c(C3CCNCC3)oc3cc(F)ccc23)cc1. The molecular formula is C19H17F2NO. The Bertz CT molecular complexity index is 832. The van der Waals surface area contributed by atoms with Gasteiger partial charge in [-0.15, -0.1) is 0 Å². The maximum atomic E-state index is 13.6. The predicted molar refractivity (Wildman–Crippen MR) is 86.4 cm³/mol. The fraction of sp³-hybridized carbons (Fsp3) is 0.263. The van der Waals surface area contributed by atoms with Gasteiger partial charge < -0.3 is 9.73 Å². The molecule has 4 rings (SSSR count). The van der Waals surface area contributed by atoms with Crippen LogP contribution in [0.5, 0.6) is 0 Å². The molecule has 2 heterocycles. The van der Waals surface area contributed by atoms with Gasteiger partial charge in [-0.1, -0.05) is 12.1 Å². The Morgan fingerprint density at radius 3 is 2.35 bits per heavy atom. The number of hydrogen-bond donors (Lipinski definition) is 1. The van der Waals surface area contributed by atoms with Crippen LogP contribution in [0.25, 0.3) is 22.1 Å². The lowest BCUT2D eigenvalue weighted by Gasteiger charge is -2.22. The molecule has 1 aliphatic rings. The quantitative estimate of drug-likeness (QED) is 0.732. The number of furan rings is 1. The van der Waals surface area contributed by atoms with Gasteiger partial charge in [0.1, 0.15) is 23.0 Å². The van der Waals surface area contributed by atoms with E-state index >= 15 is 0 Å². The molecule has 0 saturated carbocycles. The van der Waals surface area contributed by atoms with Crippen LogP contribution in [0.4, 0.5) is 8.78 Å². The van der Waals surface area contributed by atoms with Gasteiger partial charge in [-0.25, -0.2) is 8.78 Å². The van der Waals surface area contributed by atoms with Crippen molar-refractivity contribution in [3.8, 4) is 11.1 Å². The van der Waals surface area contributed by atoms with Gasteiger partial charge in [-0.2, -0.15) is 0 Å². The van der Waals surface area contributed by atoms with E-state index in [1.807, 2.05) is 0 Å².